The van der Waals surface area contributed by atoms with Gasteiger partial charge in [-0.15, -0.1) is 0 Å². The van der Waals surface area contributed by atoms with Crippen molar-refractivity contribution < 1.29 is 4.79 Å². The minimum absolute atomic E-state index is 0.195. The minimum atomic E-state index is -0.933. The van der Waals surface area contributed by atoms with Crippen molar-refractivity contribution in [1.82, 2.24) is 4.90 Å². The van der Waals surface area contributed by atoms with Crippen LogP contribution in [0.25, 0.3) is 0 Å². The molecule has 0 aromatic carbocycles. The van der Waals surface area contributed by atoms with Crippen LogP contribution in [0, 0.1) is 11.8 Å². The highest BCUT2D eigenvalue weighted by molar-refractivity contribution is 6.03. The fraction of sp³-hybridized carbons (Fsp3) is 0.667. The number of nitrogens with zero attached hydrogens (tertiary/aromatic N) is 1. The number of rotatable bonds is 1. The number of carbonyl (C=O) groups excluding carboxylic acids is 1. The van der Waals surface area contributed by atoms with Gasteiger partial charge in [-0.05, 0) is 32.2 Å². The van der Waals surface area contributed by atoms with Crippen LogP contribution in [0.4, 0.5) is 0 Å². The van der Waals surface area contributed by atoms with Gasteiger partial charge in [0, 0.05) is 24.7 Å². The second-order valence-electron chi connectivity index (χ2n) is 5.71. The molecule has 4 N–H and O–H groups in total. The van der Waals surface area contributed by atoms with Crippen LogP contribution in [-0.4, -0.2) is 42.4 Å². The first-order valence-corrected chi connectivity index (χ1v) is 7.01. The molecule has 0 radical (unpaired) electrons. The molecule has 0 bridgehead atoms. The summed E-state index contributed by atoms with van der Waals surface area (Å²) in [5.41, 5.74) is 12.3. The Labute approximate surface area is 115 Å². The maximum absolute atomic E-state index is 12.2. The number of nitrogens with two attached hydrogens (primary N) is 2. The molecule has 4 heteroatoms. The number of hydrogen-bond acceptors (Lipinski definition) is 4. The smallest absolute Gasteiger partial charge is 0.227 e. The average molecular weight is 261 g/mol. The lowest BCUT2D eigenvalue weighted by molar-refractivity contribution is -0.120. The SMILES string of the molecule is CN1CC=C(C#CC(=O)C2(N)CCCCC2N)CC1. The van der Waals surface area contributed by atoms with Gasteiger partial charge in [0.2, 0.25) is 5.78 Å². The predicted molar refractivity (Wildman–Crippen MR) is 76.3 cm³/mol. The highest BCUT2D eigenvalue weighted by atomic mass is 16.1. The fourth-order valence-corrected chi connectivity index (χ4v) is 2.64. The van der Waals surface area contributed by atoms with Crippen LogP contribution in [0.15, 0.2) is 11.6 Å². The third kappa shape index (κ3) is 3.24. The third-order valence-corrected chi connectivity index (χ3v) is 4.19. The van der Waals surface area contributed by atoms with E-state index >= 15 is 0 Å². The van der Waals surface area contributed by atoms with Gasteiger partial charge in [-0.2, -0.15) is 0 Å². The molecule has 1 fully saturated rings. The van der Waals surface area contributed by atoms with Gasteiger partial charge in [-0.3, -0.25) is 4.79 Å². The van der Waals surface area contributed by atoms with E-state index in [2.05, 4.69) is 29.9 Å². The van der Waals surface area contributed by atoms with E-state index in [4.69, 9.17) is 11.5 Å². The van der Waals surface area contributed by atoms with E-state index in [0.29, 0.717) is 6.42 Å². The predicted octanol–water partition coefficient (Wildman–Crippen LogP) is 0.420. The van der Waals surface area contributed by atoms with E-state index in [0.717, 1.165) is 44.3 Å². The van der Waals surface area contributed by atoms with Gasteiger partial charge in [0.1, 0.15) is 5.54 Å². The first-order valence-electron chi connectivity index (χ1n) is 7.01. The van der Waals surface area contributed by atoms with Crippen molar-refractivity contribution in [3.63, 3.8) is 0 Å². The zero-order valence-corrected chi connectivity index (χ0v) is 11.6. The van der Waals surface area contributed by atoms with Gasteiger partial charge < -0.3 is 16.4 Å². The zero-order valence-electron chi connectivity index (χ0n) is 11.6. The summed E-state index contributed by atoms with van der Waals surface area (Å²) >= 11 is 0. The van der Waals surface area contributed by atoms with Crippen LogP contribution >= 0.6 is 0 Å². The Bertz CT molecular complexity index is 446. The van der Waals surface area contributed by atoms with Crippen molar-refractivity contribution in [3.05, 3.63) is 11.6 Å². The topological polar surface area (TPSA) is 72.3 Å². The number of ketones is 1. The normalized spacial score (nSPS) is 32.2. The van der Waals surface area contributed by atoms with Crippen LogP contribution < -0.4 is 11.5 Å². The summed E-state index contributed by atoms with van der Waals surface area (Å²) in [5.74, 6) is 5.52. The molecule has 0 aromatic rings. The molecule has 19 heavy (non-hydrogen) atoms. The maximum atomic E-state index is 12.2. The summed E-state index contributed by atoms with van der Waals surface area (Å²) < 4.78 is 0. The van der Waals surface area contributed by atoms with E-state index in [-0.39, 0.29) is 11.8 Å². The van der Waals surface area contributed by atoms with Gasteiger partial charge in [-0.25, -0.2) is 0 Å². The summed E-state index contributed by atoms with van der Waals surface area (Å²) in [6, 6.07) is -0.255. The molecule has 104 valence electrons. The van der Waals surface area contributed by atoms with Gasteiger partial charge in [-0.1, -0.05) is 24.8 Å². The fourth-order valence-electron chi connectivity index (χ4n) is 2.64. The Kier molecular flexibility index (Phi) is 4.41. The van der Waals surface area contributed by atoms with Crippen molar-refractivity contribution in [3.8, 4) is 11.8 Å². The molecule has 1 aliphatic carbocycles. The molecule has 0 aromatic heterocycles. The van der Waals surface area contributed by atoms with Gasteiger partial charge in [0.05, 0.1) is 0 Å². The van der Waals surface area contributed by atoms with Crippen molar-refractivity contribution in [2.45, 2.75) is 43.7 Å². The van der Waals surface area contributed by atoms with E-state index in [1.807, 2.05) is 0 Å². The third-order valence-electron chi connectivity index (χ3n) is 4.19. The second kappa shape index (κ2) is 5.87. The maximum Gasteiger partial charge on any atom is 0.227 e. The Morgan fingerprint density at radius 1 is 1.53 bits per heavy atom. The lowest BCUT2D eigenvalue weighted by Gasteiger charge is -2.36. The molecule has 1 aliphatic heterocycles. The van der Waals surface area contributed by atoms with Crippen molar-refractivity contribution in [2.75, 3.05) is 20.1 Å². The van der Waals surface area contributed by atoms with Crippen LogP contribution in [0.5, 0.6) is 0 Å². The van der Waals surface area contributed by atoms with Gasteiger partial charge in [0.25, 0.3) is 0 Å². The van der Waals surface area contributed by atoms with Crippen LogP contribution in [0.2, 0.25) is 0 Å². The van der Waals surface area contributed by atoms with Gasteiger partial charge in [0.15, 0.2) is 0 Å². The standard InChI is InChI=1S/C15H23N3O/c1-18-10-7-12(8-11-18)5-6-14(19)15(17)9-3-2-4-13(15)16/h7,13H,2-4,8-11,16-17H2,1H3. The molecular weight excluding hydrogens is 238 g/mol. The molecule has 2 atom stereocenters. The number of likely N-dealkylation sites (N-methyl/N-ethyl adjacent to an activating group) is 1. The molecule has 0 amide bonds. The highest BCUT2D eigenvalue weighted by Crippen LogP contribution is 2.25. The average Bonchev–Trinajstić information content (AvgIpc) is 2.41. The minimum Gasteiger partial charge on any atom is -0.326 e. The molecular formula is C15H23N3O. The molecule has 0 spiro atoms. The molecule has 2 unspecified atom stereocenters. The molecule has 0 saturated heterocycles. The number of Topliss-reactive ketones (excluding diaryl/α,β-unsaturated/α-hetero) is 1. The van der Waals surface area contributed by atoms with E-state index < -0.39 is 5.54 Å². The largest absolute Gasteiger partial charge is 0.326 e. The quantitative estimate of drug-likeness (QED) is 0.530. The van der Waals surface area contributed by atoms with Crippen molar-refractivity contribution >= 4 is 5.78 Å². The first kappa shape index (κ1) is 14.3. The number of hydrogen-bond donors (Lipinski definition) is 2. The van der Waals surface area contributed by atoms with E-state index in [1.165, 1.54) is 0 Å². The second-order valence-corrected chi connectivity index (χ2v) is 5.71. The summed E-state index contributed by atoms with van der Waals surface area (Å²) in [7, 11) is 2.07. The summed E-state index contributed by atoms with van der Waals surface area (Å²) in [5, 5.41) is 0. The van der Waals surface area contributed by atoms with Crippen LogP contribution in [-0.2, 0) is 4.79 Å². The zero-order chi connectivity index (χ0) is 13.9. The van der Waals surface area contributed by atoms with E-state index in [9.17, 15) is 4.79 Å². The molecule has 2 rings (SSSR count). The lowest BCUT2D eigenvalue weighted by atomic mass is 9.76. The van der Waals surface area contributed by atoms with Crippen molar-refractivity contribution in [1.29, 1.82) is 0 Å². The first-order chi connectivity index (χ1) is 9.02. The number of carbonyl (C=O) groups is 1. The molecule has 1 saturated carbocycles. The Morgan fingerprint density at radius 2 is 2.32 bits per heavy atom. The molecule has 2 aliphatic rings. The summed E-state index contributed by atoms with van der Waals surface area (Å²) in [6.07, 6.45) is 6.47. The Hall–Kier alpha value is -1.15. The Balaban J connectivity index is 2.05. The van der Waals surface area contributed by atoms with E-state index in [1.54, 1.807) is 0 Å². The van der Waals surface area contributed by atoms with Crippen LogP contribution in [0.3, 0.4) is 0 Å². The van der Waals surface area contributed by atoms with Crippen LogP contribution in [0.1, 0.15) is 32.1 Å². The lowest BCUT2D eigenvalue weighted by Crippen LogP contribution is -2.62. The molecule has 1 heterocycles. The van der Waals surface area contributed by atoms with Gasteiger partial charge >= 0.3 is 0 Å². The summed E-state index contributed by atoms with van der Waals surface area (Å²) in [4.78, 5) is 14.4. The highest BCUT2D eigenvalue weighted by Gasteiger charge is 2.40. The Morgan fingerprint density at radius 3 is 2.95 bits per heavy atom. The van der Waals surface area contributed by atoms with Crippen molar-refractivity contribution in [2.24, 2.45) is 11.5 Å². The molecule has 4 nitrogen and oxygen atoms in total. The summed E-state index contributed by atoms with van der Waals surface area (Å²) in [6.45, 7) is 1.88. The monoisotopic (exact) mass is 261 g/mol.